The fourth-order valence-electron chi connectivity index (χ4n) is 4.34. The van der Waals surface area contributed by atoms with Crippen LogP contribution in [0.15, 0.2) is 213 Å². The number of allylic oxidation sites excluding steroid dienone is 2. The monoisotopic (exact) mass is 809 g/mol. The summed E-state index contributed by atoms with van der Waals surface area (Å²) in [5.41, 5.74) is 7.50. The molecule has 0 aliphatic carbocycles. The van der Waals surface area contributed by atoms with Crippen molar-refractivity contribution in [2.75, 3.05) is 0 Å². The molecule has 0 saturated carbocycles. The van der Waals surface area contributed by atoms with Gasteiger partial charge in [0, 0.05) is 20.1 Å². The molecule has 243 valence electrons. The zero-order valence-electron chi connectivity index (χ0n) is 26.4. The minimum atomic E-state index is 0. The molecule has 0 aliphatic heterocycles. The summed E-state index contributed by atoms with van der Waals surface area (Å²) >= 11 is 6.94. The number of hydrogen-bond donors (Lipinski definition) is 0. The number of nitrogens with zero attached hydrogens (tertiary/aromatic N) is 4. The van der Waals surface area contributed by atoms with Crippen molar-refractivity contribution in [3.63, 3.8) is 0 Å². The summed E-state index contributed by atoms with van der Waals surface area (Å²) in [4.78, 5) is 9.49. The maximum atomic E-state index is 4.74. The Kier molecular flexibility index (Phi) is 15.5. The van der Waals surface area contributed by atoms with Crippen LogP contribution in [0.4, 0.5) is 22.7 Å². The van der Waals surface area contributed by atoms with E-state index in [1.165, 1.54) is 0 Å². The Bertz CT molecular complexity index is 1800. The fourth-order valence-corrected chi connectivity index (χ4v) is 4.87. The van der Waals surface area contributed by atoms with Crippen molar-refractivity contribution in [3.05, 3.63) is 225 Å². The molecule has 0 spiro atoms. The van der Waals surface area contributed by atoms with E-state index in [4.69, 9.17) is 9.98 Å². The van der Waals surface area contributed by atoms with Crippen LogP contribution in [0.1, 0.15) is 11.1 Å². The molecule has 0 heterocycles. The molecule has 0 fully saturated rings. The van der Waals surface area contributed by atoms with Gasteiger partial charge in [-0.2, -0.15) is 12.4 Å². The van der Waals surface area contributed by atoms with Crippen LogP contribution in [-0.2, 0) is 16.8 Å². The van der Waals surface area contributed by atoms with E-state index in [1.807, 2.05) is 182 Å². The normalized spacial score (nSPS) is 11.4. The van der Waals surface area contributed by atoms with Crippen LogP contribution >= 0.6 is 31.9 Å². The minimum Gasteiger partial charge on any atom is -0.664 e. The average molecular weight is 811 g/mol. The van der Waals surface area contributed by atoms with Crippen LogP contribution < -0.4 is 0 Å². The van der Waals surface area contributed by atoms with Gasteiger partial charge in [0.15, 0.2) is 0 Å². The quantitative estimate of drug-likeness (QED) is 0.124. The number of halogens is 2. The topological polar surface area (TPSA) is 52.9 Å². The van der Waals surface area contributed by atoms with Gasteiger partial charge in [-0.05, 0) is 48.5 Å². The number of para-hydroxylation sites is 4. The largest absolute Gasteiger partial charge is 2.00 e. The standard InChI is InChI=1S/2C21H16BrN2.Co/c2*22-18-13-11-17(12-14-18)21(24-20-9-5-2-6-10-20)15-16-23-19-7-3-1-4-8-19;/h2*1-16H;/q2*-1;+2/b2*16-15-,24-21?;. The second-order valence-electron chi connectivity index (χ2n) is 10.2. The Morgan fingerprint density at radius 3 is 1.04 bits per heavy atom. The van der Waals surface area contributed by atoms with Gasteiger partial charge < -0.3 is 10.6 Å². The van der Waals surface area contributed by atoms with E-state index >= 15 is 0 Å². The van der Waals surface area contributed by atoms with Gasteiger partial charge in [0.05, 0.1) is 22.8 Å². The van der Waals surface area contributed by atoms with Crippen molar-refractivity contribution in [1.29, 1.82) is 0 Å². The Morgan fingerprint density at radius 1 is 0.408 bits per heavy atom. The number of hydrogen-bond acceptors (Lipinski definition) is 2. The molecule has 0 bridgehead atoms. The van der Waals surface area contributed by atoms with E-state index in [-0.39, 0.29) is 16.8 Å². The molecule has 6 aromatic carbocycles. The van der Waals surface area contributed by atoms with Gasteiger partial charge in [-0.1, -0.05) is 165 Å². The van der Waals surface area contributed by atoms with Gasteiger partial charge in [-0.3, -0.25) is 0 Å². The minimum absolute atomic E-state index is 0. The fraction of sp³-hybridized carbons (Fsp3) is 0. The molecular weight excluding hydrogens is 779 g/mol. The third-order valence-electron chi connectivity index (χ3n) is 6.72. The molecule has 6 rings (SSSR count). The van der Waals surface area contributed by atoms with Crippen LogP contribution in [0.2, 0.25) is 0 Å². The molecular formula is C42H32Br2CoN4. The first-order valence-electron chi connectivity index (χ1n) is 15.3. The first kappa shape index (κ1) is 37.0. The Labute approximate surface area is 315 Å². The van der Waals surface area contributed by atoms with Crippen molar-refractivity contribution < 1.29 is 16.8 Å². The van der Waals surface area contributed by atoms with E-state index < -0.39 is 0 Å². The van der Waals surface area contributed by atoms with Crippen LogP contribution in [0.25, 0.3) is 10.6 Å². The van der Waals surface area contributed by atoms with E-state index in [2.05, 4.69) is 42.5 Å². The third kappa shape index (κ3) is 13.0. The van der Waals surface area contributed by atoms with E-state index in [9.17, 15) is 0 Å². The predicted octanol–water partition coefficient (Wildman–Crippen LogP) is 13.6. The first-order chi connectivity index (χ1) is 23.6. The molecule has 1 radical (unpaired) electrons. The summed E-state index contributed by atoms with van der Waals surface area (Å²) < 4.78 is 2.09. The first-order valence-corrected chi connectivity index (χ1v) is 16.9. The Hall–Kier alpha value is -4.79. The number of benzene rings is 6. The summed E-state index contributed by atoms with van der Waals surface area (Å²) in [6.45, 7) is 0. The zero-order valence-corrected chi connectivity index (χ0v) is 30.6. The summed E-state index contributed by atoms with van der Waals surface area (Å²) in [5, 5.41) is 8.92. The molecule has 0 unspecified atom stereocenters. The van der Waals surface area contributed by atoms with Crippen molar-refractivity contribution in [3.8, 4) is 0 Å². The van der Waals surface area contributed by atoms with Crippen LogP contribution in [0, 0.1) is 0 Å². The summed E-state index contributed by atoms with van der Waals surface area (Å²) in [6.07, 6.45) is 7.45. The molecule has 0 saturated heterocycles. The summed E-state index contributed by atoms with van der Waals surface area (Å²) in [5.74, 6) is 0. The molecule has 4 nitrogen and oxygen atoms in total. The average Bonchev–Trinajstić information content (AvgIpc) is 3.14. The van der Waals surface area contributed by atoms with Gasteiger partial charge in [-0.15, -0.1) is 11.4 Å². The SMILES string of the molecule is Brc1ccc(C(/C=C\[N-]c2ccccc2)=Nc2ccccc2)cc1.Brc1ccc(C(/C=C\[N-]c2ccccc2)=Nc2ccccc2)cc1.[Co+2]. The van der Waals surface area contributed by atoms with Gasteiger partial charge in [0.25, 0.3) is 0 Å². The van der Waals surface area contributed by atoms with Crippen molar-refractivity contribution >= 4 is 66.0 Å². The second-order valence-corrected chi connectivity index (χ2v) is 12.1. The Balaban J connectivity index is 0.000000216. The van der Waals surface area contributed by atoms with Crippen molar-refractivity contribution in [2.24, 2.45) is 9.98 Å². The van der Waals surface area contributed by atoms with E-state index in [1.54, 1.807) is 12.4 Å². The van der Waals surface area contributed by atoms with Gasteiger partial charge in [0.1, 0.15) is 0 Å². The summed E-state index contributed by atoms with van der Waals surface area (Å²) in [6, 6.07) is 55.8. The molecule has 6 aromatic rings. The van der Waals surface area contributed by atoms with E-state index in [0.717, 1.165) is 54.2 Å². The van der Waals surface area contributed by atoms with E-state index in [0.29, 0.717) is 0 Å². The molecule has 7 heteroatoms. The van der Waals surface area contributed by atoms with Crippen molar-refractivity contribution in [2.45, 2.75) is 0 Å². The van der Waals surface area contributed by atoms with Crippen LogP contribution in [0.5, 0.6) is 0 Å². The maximum Gasteiger partial charge on any atom is 2.00 e. The van der Waals surface area contributed by atoms with Crippen molar-refractivity contribution in [1.82, 2.24) is 0 Å². The molecule has 0 amide bonds. The smallest absolute Gasteiger partial charge is 0.664 e. The molecule has 0 N–H and O–H groups in total. The number of rotatable bonds is 10. The van der Waals surface area contributed by atoms with Crippen LogP contribution in [-0.4, -0.2) is 11.4 Å². The predicted molar refractivity (Wildman–Crippen MR) is 211 cm³/mol. The van der Waals surface area contributed by atoms with Gasteiger partial charge in [-0.25, -0.2) is 9.98 Å². The molecule has 49 heavy (non-hydrogen) atoms. The molecule has 0 aromatic heterocycles. The summed E-state index contributed by atoms with van der Waals surface area (Å²) in [7, 11) is 0. The molecule has 0 aliphatic rings. The van der Waals surface area contributed by atoms with Gasteiger partial charge >= 0.3 is 16.8 Å². The Morgan fingerprint density at radius 2 is 0.714 bits per heavy atom. The maximum absolute atomic E-state index is 4.74. The number of aliphatic imine (C=N–C) groups is 2. The zero-order chi connectivity index (χ0) is 33.2. The third-order valence-corrected chi connectivity index (χ3v) is 7.77. The van der Waals surface area contributed by atoms with Crippen LogP contribution in [0.3, 0.4) is 0 Å². The molecule has 0 atom stereocenters. The van der Waals surface area contributed by atoms with Gasteiger partial charge in [0.2, 0.25) is 0 Å². The second kappa shape index (κ2) is 20.5.